The number of benzene rings is 2. The second kappa shape index (κ2) is 7.23. The van der Waals surface area contributed by atoms with Gasteiger partial charge in [-0.15, -0.1) is 0 Å². The molecule has 2 aromatic carbocycles. The Hall–Kier alpha value is -3.15. The lowest BCUT2D eigenvalue weighted by atomic mass is 9.99. The standard InChI is InChI=1S/C21H21N3O3/c25-19(23-13-12-15-6-4-5-7-16(15)14-23)11-10-18-20(26)24(21(27)22-18)17-8-2-1-3-9-17/h1-9,18H,10-14H2,(H,22,27). The van der Waals surface area contributed by atoms with Crippen molar-refractivity contribution >= 4 is 23.5 Å². The molecule has 0 aromatic heterocycles. The quantitative estimate of drug-likeness (QED) is 0.849. The van der Waals surface area contributed by atoms with E-state index in [0.717, 1.165) is 11.3 Å². The van der Waals surface area contributed by atoms with Crippen LogP contribution in [0.4, 0.5) is 10.5 Å². The van der Waals surface area contributed by atoms with Gasteiger partial charge < -0.3 is 10.2 Å². The molecule has 6 heteroatoms. The number of carbonyl (C=O) groups is 3. The molecule has 1 saturated heterocycles. The highest BCUT2D eigenvalue weighted by Crippen LogP contribution is 2.22. The van der Waals surface area contributed by atoms with Gasteiger partial charge in [-0.05, 0) is 36.1 Å². The zero-order valence-corrected chi connectivity index (χ0v) is 14.9. The van der Waals surface area contributed by atoms with Crippen molar-refractivity contribution in [1.29, 1.82) is 0 Å². The first-order valence-electron chi connectivity index (χ1n) is 9.17. The van der Waals surface area contributed by atoms with Crippen molar-refractivity contribution in [3.63, 3.8) is 0 Å². The molecule has 0 saturated carbocycles. The largest absolute Gasteiger partial charge is 0.338 e. The van der Waals surface area contributed by atoms with Crippen LogP contribution < -0.4 is 10.2 Å². The van der Waals surface area contributed by atoms with E-state index in [1.165, 1.54) is 11.1 Å². The van der Waals surface area contributed by atoms with E-state index in [2.05, 4.69) is 11.4 Å². The maximum atomic E-state index is 12.6. The monoisotopic (exact) mass is 363 g/mol. The van der Waals surface area contributed by atoms with Crippen LogP contribution in [-0.4, -0.2) is 35.3 Å². The van der Waals surface area contributed by atoms with Gasteiger partial charge in [-0.25, -0.2) is 9.69 Å². The van der Waals surface area contributed by atoms with Gasteiger partial charge in [-0.2, -0.15) is 0 Å². The third-order valence-corrected chi connectivity index (χ3v) is 5.16. The van der Waals surface area contributed by atoms with Gasteiger partial charge in [0.15, 0.2) is 0 Å². The number of fused-ring (bicyclic) bond motifs is 1. The molecule has 1 N–H and O–H groups in total. The molecule has 0 radical (unpaired) electrons. The normalized spacial score (nSPS) is 19.0. The summed E-state index contributed by atoms with van der Waals surface area (Å²) in [6.45, 7) is 1.30. The lowest BCUT2D eigenvalue weighted by molar-refractivity contribution is -0.132. The van der Waals surface area contributed by atoms with Crippen LogP contribution in [0, 0.1) is 0 Å². The van der Waals surface area contributed by atoms with Crippen LogP contribution in [0.5, 0.6) is 0 Å². The molecule has 1 fully saturated rings. The van der Waals surface area contributed by atoms with Crippen LogP contribution >= 0.6 is 0 Å². The average molecular weight is 363 g/mol. The van der Waals surface area contributed by atoms with E-state index in [1.807, 2.05) is 29.2 Å². The van der Waals surface area contributed by atoms with Crippen molar-refractivity contribution in [1.82, 2.24) is 10.2 Å². The molecule has 138 valence electrons. The Bertz CT molecular complexity index is 881. The SMILES string of the molecule is O=C(CCC1NC(=O)N(c2ccccc2)C1=O)N1CCc2ccccc2C1. The first kappa shape index (κ1) is 17.3. The van der Waals surface area contributed by atoms with Gasteiger partial charge >= 0.3 is 6.03 Å². The second-order valence-corrected chi connectivity index (χ2v) is 6.88. The molecule has 0 aliphatic carbocycles. The average Bonchev–Trinajstić information content (AvgIpc) is 2.99. The number of amides is 4. The number of imide groups is 1. The van der Waals surface area contributed by atoms with Gasteiger partial charge in [0.05, 0.1) is 5.69 Å². The molecule has 2 heterocycles. The highest BCUT2D eigenvalue weighted by atomic mass is 16.2. The minimum atomic E-state index is -0.654. The molecule has 2 aromatic rings. The highest BCUT2D eigenvalue weighted by molar-refractivity contribution is 6.21. The fourth-order valence-electron chi connectivity index (χ4n) is 3.68. The third kappa shape index (κ3) is 3.43. The molecular formula is C21H21N3O3. The number of urea groups is 1. The number of nitrogens with zero attached hydrogens (tertiary/aromatic N) is 2. The van der Waals surface area contributed by atoms with Gasteiger partial charge in [0.1, 0.15) is 6.04 Å². The van der Waals surface area contributed by atoms with E-state index in [-0.39, 0.29) is 18.2 Å². The summed E-state index contributed by atoms with van der Waals surface area (Å²) in [5, 5.41) is 2.69. The molecule has 1 unspecified atom stereocenters. The van der Waals surface area contributed by atoms with Crippen molar-refractivity contribution < 1.29 is 14.4 Å². The van der Waals surface area contributed by atoms with Crippen LogP contribution in [-0.2, 0) is 22.6 Å². The van der Waals surface area contributed by atoms with Gasteiger partial charge in [-0.1, -0.05) is 42.5 Å². The number of nitrogens with one attached hydrogen (secondary N) is 1. The topological polar surface area (TPSA) is 69.7 Å². The Labute approximate surface area is 157 Å². The number of hydrogen-bond donors (Lipinski definition) is 1. The molecule has 4 amide bonds. The van der Waals surface area contributed by atoms with E-state index in [0.29, 0.717) is 25.2 Å². The Morgan fingerprint density at radius 1 is 1.00 bits per heavy atom. The van der Waals surface area contributed by atoms with E-state index < -0.39 is 12.1 Å². The summed E-state index contributed by atoms with van der Waals surface area (Å²) in [6.07, 6.45) is 1.40. The molecular weight excluding hydrogens is 342 g/mol. The molecule has 0 spiro atoms. The molecule has 4 rings (SSSR count). The van der Waals surface area contributed by atoms with Crippen LogP contribution in [0.1, 0.15) is 24.0 Å². The molecule has 2 aliphatic rings. The lowest BCUT2D eigenvalue weighted by Gasteiger charge is -2.29. The Morgan fingerprint density at radius 2 is 1.70 bits per heavy atom. The van der Waals surface area contributed by atoms with E-state index >= 15 is 0 Å². The fourth-order valence-corrected chi connectivity index (χ4v) is 3.68. The second-order valence-electron chi connectivity index (χ2n) is 6.88. The van der Waals surface area contributed by atoms with Crippen molar-refractivity contribution in [2.45, 2.75) is 31.8 Å². The highest BCUT2D eigenvalue weighted by Gasteiger charge is 2.39. The molecule has 2 aliphatic heterocycles. The van der Waals surface area contributed by atoms with Crippen molar-refractivity contribution in [3.05, 3.63) is 65.7 Å². The third-order valence-electron chi connectivity index (χ3n) is 5.16. The van der Waals surface area contributed by atoms with E-state index in [4.69, 9.17) is 0 Å². The maximum Gasteiger partial charge on any atom is 0.329 e. The zero-order chi connectivity index (χ0) is 18.8. The van der Waals surface area contributed by atoms with Gasteiger partial charge in [-0.3, -0.25) is 9.59 Å². The lowest BCUT2D eigenvalue weighted by Crippen LogP contribution is -2.37. The minimum absolute atomic E-state index is 0.0183. The summed E-state index contributed by atoms with van der Waals surface area (Å²) in [6, 6.07) is 15.9. The number of para-hydroxylation sites is 1. The van der Waals surface area contributed by atoms with Crippen LogP contribution in [0.15, 0.2) is 54.6 Å². The summed E-state index contributed by atoms with van der Waals surface area (Å²) >= 11 is 0. The first-order valence-corrected chi connectivity index (χ1v) is 9.17. The predicted molar refractivity (Wildman–Crippen MR) is 101 cm³/mol. The van der Waals surface area contributed by atoms with Gasteiger partial charge in [0.25, 0.3) is 5.91 Å². The Balaban J connectivity index is 1.36. The number of rotatable bonds is 4. The van der Waals surface area contributed by atoms with Crippen LogP contribution in [0.3, 0.4) is 0 Å². The van der Waals surface area contributed by atoms with E-state index in [9.17, 15) is 14.4 Å². The molecule has 0 bridgehead atoms. The summed E-state index contributed by atoms with van der Waals surface area (Å²) < 4.78 is 0. The number of hydrogen-bond acceptors (Lipinski definition) is 3. The van der Waals surface area contributed by atoms with Gasteiger partial charge in [0.2, 0.25) is 5.91 Å². The predicted octanol–water partition coefficient (Wildman–Crippen LogP) is 2.48. The summed E-state index contributed by atoms with van der Waals surface area (Å²) in [5.41, 5.74) is 3.01. The molecule has 1 atom stereocenters. The molecule has 6 nitrogen and oxygen atoms in total. The van der Waals surface area contributed by atoms with Gasteiger partial charge in [0, 0.05) is 19.5 Å². The number of anilines is 1. The molecule has 27 heavy (non-hydrogen) atoms. The van der Waals surface area contributed by atoms with Crippen LogP contribution in [0.25, 0.3) is 0 Å². The summed E-state index contributed by atoms with van der Waals surface area (Å²) in [5.74, 6) is -0.285. The van der Waals surface area contributed by atoms with Crippen molar-refractivity contribution in [2.24, 2.45) is 0 Å². The first-order chi connectivity index (χ1) is 13.1. The summed E-state index contributed by atoms with van der Waals surface area (Å²) in [7, 11) is 0. The Kier molecular flexibility index (Phi) is 4.62. The fraction of sp³-hybridized carbons (Fsp3) is 0.286. The Morgan fingerprint density at radius 3 is 2.48 bits per heavy atom. The number of carbonyl (C=O) groups excluding carboxylic acids is 3. The van der Waals surface area contributed by atoms with Crippen molar-refractivity contribution in [2.75, 3.05) is 11.4 Å². The van der Waals surface area contributed by atoms with Crippen LogP contribution in [0.2, 0.25) is 0 Å². The minimum Gasteiger partial charge on any atom is -0.338 e. The maximum absolute atomic E-state index is 12.6. The van der Waals surface area contributed by atoms with Crippen molar-refractivity contribution in [3.8, 4) is 0 Å². The smallest absolute Gasteiger partial charge is 0.329 e. The summed E-state index contributed by atoms with van der Waals surface area (Å²) in [4.78, 5) is 40.3. The van der Waals surface area contributed by atoms with E-state index in [1.54, 1.807) is 24.3 Å². The zero-order valence-electron chi connectivity index (χ0n) is 14.9.